The smallest absolute Gasteiger partial charge is 0.240 e. The normalized spacial score (nSPS) is 12.3. The number of hydrogen-bond donors (Lipinski definition) is 1. The summed E-state index contributed by atoms with van der Waals surface area (Å²) in [6.07, 6.45) is 0. The second kappa shape index (κ2) is 6.39. The van der Waals surface area contributed by atoms with Gasteiger partial charge in [-0.2, -0.15) is 0 Å². The van der Waals surface area contributed by atoms with Crippen LogP contribution in [0.15, 0.2) is 27.6 Å². The second-order valence-corrected chi connectivity index (χ2v) is 5.94. The van der Waals surface area contributed by atoms with Gasteiger partial charge in [-0.1, -0.05) is 15.9 Å². The van der Waals surface area contributed by atoms with Crippen LogP contribution >= 0.6 is 15.9 Å². The fourth-order valence-electron chi connectivity index (χ4n) is 1.10. The van der Waals surface area contributed by atoms with Crippen LogP contribution in [0.5, 0.6) is 0 Å². The molecular formula is C11H15BrN2O2S. The summed E-state index contributed by atoms with van der Waals surface area (Å²) in [5.74, 6) is -0.104. The molecule has 1 aromatic rings. The number of halogens is 1. The number of likely N-dealkylation sites (N-methyl/N-ethyl adjacent to an activating group) is 1. The summed E-state index contributed by atoms with van der Waals surface area (Å²) in [4.78, 5) is 13.4. The van der Waals surface area contributed by atoms with Gasteiger partial charge in [0, 0.05) is 18.6 Å². The van der Waals surface area contributed by atoms with Gasteiger partial charge in [-0.15, -0.1) is 4.72 Å². The van der Waals surface area contributed by atoms with Crippen LogP contribution in [0, 0.1) is 6.92 Å². The average Bonchev–Trinajstić information content (AvgIpc) is 2.28. The number of rotatable bonds is 4. The van der Waals surface area contributed by atoms with Gasteiger partial charge in [-0.05, 0) is 30.7 Å². The van der Waals surface area contributed by atoms with Gasteiger partial charge in [0.05, 0.1) is 11.4 Å². The van der Waals surface area contributed by atoms with Crippen molar-refractivity contribution in [1.82, 2.24) is 9.62 Å². The van der Waals surface area contributed by atoms with E-state index in [0.29, 0.717) is 4.90 Å². The molecular weight excluding hydrogens is 304 g/mol. The third-order valence-electron chi connectivity index (χ3n) is 2.20. The summed E-state index contributed by atoms with van der Waals surface area (Å²) in [7, 11) is 3.33. The molecule has 6 heteroatoms. The highest BCUT2D eigenvalue weighted by atomic mass is 79.9. The van der Waals surface area contributed by atoms with Gasteiger partial charge in [0.1, 0.15) is 6.54 Å². The van der Waals surface area contributed by atoms with Crippen molar-refractivity contribution in [3.8, 4) is 0 Å². The SMILES string of the molecule is Cc1cc([S+]([O-])NCC(=O)N(C)C)ccc1Br. The molecule has 1 unspecified atom stereocenters. The fraction of sp³-hybridized carbons (Fsp3) is 0.364. The monoisotopic (exact) mass is 318 g/mol. The second-order valence-electron chi connectivity index (χ2n) is 3.79. The fourth-order valence-corrected chi connectivity index (χ4v) is 2.24. The van der Waals surface area contributed by atoms with Gasteiger partial charge in [0.25, 0.3) is 0 Å². The maximum atomic E-state index is 11.8. The summed E-state index contributed by atoms with van der Waals surface area (Å²) >= 11 is 2.02. The predicted molar refractivity (Wildman–Crippen MR) is 72.0 cm³/mol. The molecule has 1 aromatic carbocycles. The van der Waals surface area contributed by atoms with Gasteiger partial charge < -0.3 is 9.45 Å². The largest absolute Gasteiger partial charge is 0.593 e. The molecule has 1 amide bonds. The van der Waals surface area contributed by atoms with Crippen molar-refractivity contribution < 1.29 is 9.35 Å². The Morgan fingerprint density at radius 1 is 1.53 bits per heavy atom. The Morgan fingerprint density at radius 2 is 2.18 bits per heavy atom. The molecule has 0 fully saturated rings. The van der Waals surface area contributed by atoms with E-state index >= 15 is 0 Å². The lowest BCUT2D eigenvalue weighted by atomic mass is 10.2. The summed E-state index contributed by atoms with van der Waals surface area (Å²) in [5, 5.41) is 0. The third-order valence-corrected chi connectivity index (χ3v) is 4.18. The Hall–Kier alpha value is -0.560. The molecule has 0 heterocycles. The highest BCUT2D eigenvalue weighted by Gasteiger charge is 2.14. The minimum absolute atomic E-state index is 0.0642. The van der Waals surface area contributed by atoms with E-state index in [1.54, 1.807) is 20.2 Å². The zero-order valence-corrected chi connectivity index (χ0v) is 12.4. The molecule has 0 bridgehead atoms. The number of hydrogen-bond acceptors (Lipinski definition) is 3. The standard InChI is InChI=1S/C11H15BrN2O2S/c1-8-6-9(4-5-10(8)12)17(16)13-7-11(15)14(2)3/h4-6,13H,7H2,1-3H3. The lowest BCUT2D eigenvalue weighted by Gasteiger charge is -2.13. The molecule has 4 nitrogen and oxygen atoms in total. The summed E-state index contributed by atoms with van der Waals surface area (Å²) in [6, 6.07) is 5.44. The number of aryl methyl sites for hydroxylation is 1. The molecule has 0 radical (unpaired) electrons. The van der Waals surface area contributed by atoms with E-state index in [1.807, 2.05) is 19.1 Å². The van der Waals surface area contributed by atoms with Crippen LogP contribution in [-0.4, -0.2) is 36.0 Å². The van der Waals surface area contributed by atoms with Crippen molar-refractivity contribution >= 4 is 33.2 Å². The quantitative estimate of drug-likeness (QED) is 0.855. The number of nitrogens with one attached hydrogen (secondary N) is 1. The van der Waals surface area contributed by atoms with E-state index in [1.165, 1.54) is 4.90 Å². The van der Waals surface area contributed by atoms with Crippen LogP contribution in [0.4, 0.5) is 0 Å². The Bertz CT molecular complexity index is 412. The maximum Gasteiger partial charge on any atom is 0.240 e. The summed E-state index contributed by atoms with van der Waals surface area (Å²) in [6.45, 7) is 1.99. The van der Waals surface area contributed by atoms with E-state index in [0.717, 1.165) is 10.0 Å². The van der Waals surface area contributed by atoms with Gasteiger partial charge in [0.2, 0.25) is 5.91 Å². The van der Waals surface area contributed by atoms with Crippen molar-refractivity contribution in [2.24, 2.45) is 0 Å². The summed E-state index contributed by atoms with van der Waals surface area (Å²) in [5.41, 5.74) is 1.01. The highest BCUT2D eigenvalue weighted by molar-refractivity contribution is 9.10. The molecule has 0 aliphatic rings. The lowest BCUT2D eigenvalue weighted by molar-refractivity contribution is -0.127. The van der Waals surface area contributed by atoms with Crippen LogP contribution in [0.3, 0.4) is 0 Å². The van der Waals surface area contributed by atoms with E-state index in [2.05, 4.69) is 20.7 Å². The zero-order chi connectivity index (χ0) is 13.0. The Labute approximate surface area is 113 Å². The highest BCUT2D eigenvalue weighted by Crippen LogP contribution is 2.19. The van der Waals surface area contributed by atoms with Crippen LogP contribution in [0.2, 0.25) is 0 Å². The van der Waals surface area contributed by atoms with Crippen molar-refractivity contribution in [3.05, 3.63) is 28.2 Å². The first-order valence-corrected chi connectivity index (χ1v) is 6.97. The zero-order valence-electron chi connectivity index (χ0n) is 9.99. The molecule has 94 valence electrons. The van der Waals surface area contributed by atoms with E-state index in [9.17, 15) is 9.35 Å². The van der Waals surface area contributed by atoms with E-state index in [4.69, 9.17) is 0 Å². The van der Waals surface area contributed by atoms with E-state index in [-0.39, 0.29) is 12.5 Å². The number of carbonyl (C=O) groups is 1. The first-order valence-electron chi connectivity index (χ1n) is 5.03. The van der Waals surface area contributed by atoms with Crippen LogP contribution < -0.4 is 4.72 Å². The minimum atomic E-state index is -1.36. The molecule has 1 N–H and O–H groups in total. The topological polar surface area (TPSA) is 55.4 Å². The van der Waals surface area contributed by atoms with Crippen molar-refractivity contribution in [2.45, 2.75) is 11.8 Å². The minimum Gasteiger partial charge on any atom is -0.593 e. The Kier molecular flexibility index (Phi) is 5.45. The van der Waals surface area contributed by atoms with Crippen molar-refractivity contribution in [3.63, 3.8) is 0 Å². The molecule has 0 saturated carbocycles. The van der Waals surface area contributed by atoms with Crippen LogP contribution in [0.1, 0.15) is 5.56 Å². The first-order chi connectivity index (χ1) is 7.91. The lowest BCUT2D eigenvalue weighted by Crippen LogP contribution is -2.36. The maximum absolute atomic E-state index is 11.8. The Balaban J connectivity index is 2.61. The van der Waals surface area contributed by atoms with Gasteiger partial charge in [-0.3, -0.25) is 4.79 Å². The molecule has 0 aliphatic heterocycles. The first kappa shape index (κ1) is 14.5. The van der Waals surface area contributed by atoms with Crippen molar-refractivity contribution in [1.29, 1.82) is 0 Å². The molecule has 0 spiro atoms. The molecule has 0 aliphatic carbocycles. The Morgan fingerprint density at radius 3 is 2.71 bits per heavy atom. The molecule has 0 aromatic heterocycles. The van der Waals surface area contributed by atoms with E-state index < -0.39 is 11.4 Å². The molecule has 1 rings (SSSR count). The van der Waals surface area contributed by atoms with Gasteiger partial charge >= 0.3 is 0 Å². The van der Waals surface area contributed by atoms with Crippen molar-refractivity contribution in [2.75, 3.05) is 20.6 Å². The summed E-state index contributed by atoms with van der Waals surface area (Å²) < 4.78 is 15.5. The number of benzene rings is 1. The average molecular weight is 319 g/mol. The van der Waals surface area contributed by atoms with Gasteiger partial charge in [-0.25, -0.2) is 0 Å². The predicted octanol–water partition coefficient (Wildman–Crippen LogP) is 1.46. The van der Waals surface area contributed by atoms with Gasteiger partial charge in [0.15, 0.2) is 4.90 Å². The molecule has 0 saturated heterocycles. The third kappa shape index (κ3) is 4.31. The molecule has 17 heavy (non-hydrogen) atoms. The number of nitrogens with zero attached hydrogens (tertiary/aromatic N) is 1. The molecule has 1 atom stereocenters. The van der Waals surface area contributed by atoms with Crippen LogP contribution in [-0.2, 0) is 16.2 Å². The number of carbonyl (C=O) groups excluding carboxylic acids is 1. The van der Waals surface area contributed by atoms with Crippen LogP contribution in [0.25, 0.3) is 0 Å². The number of amides is 1.